The van der Waals surface area contributed by atoms with Gasteiger partial charge in [-0.3, -0.25) is 9.78 Å². The van der Waals surface area contributed by atoms with Gasteiger partial charge in [0.15, 0.2) is 5.78 Å². The number of nitrogens with zero attached hydrogens (tertiary/aromatic N) is 1. The minimum atomic E-state index is -0.125. The van der Waals surface area contributed by atoms with Crippen LogP contribution in [0.3, 0.4) is 0 Å². The van der Waals surface area contributed by atoms with E-state index in [2.05, 4.69) is 44.2 Å². The number of pyridine rings is 1. The zero-order valence-corrected chi connectivity index (χ0v) is 17.7. The summed E-state index contributed by atoms with van der Waals surface area (Å²) in [7, 11) is 0. The van der Waals surface area contributed by atoms with Crippen LogP contribution in [0.1, 0.15) is 25.0 Å². The van der Waals surface area contributed by atoms with Crippen LogP contribution in [-0.2, 0) is 24.9 Å². The zero-order chi connectivity index (χ0) is 18.4. The average Bonchev–Trinajstić information content (AvgIpc) is 2.55. The third kappa shape index (κ3) is 6.21. The second-order valence-corrected chi connectivity index (χ2v) is 6.02. The Kier molecular flexibility index (Phi) is 8.37. The van der Waals surface area contributed by atoms with Gasteiger partial charge in [-0.05, 0) is 51.1 Å². The molecule has 1 aromatic heterocycles. The molecule has 2 aromatic carbocycles. The number of allylic oxidation sites excluding steroid dienone is 2. The number of ketones is 1. The molecule has 0 aliphatic carbocycles. The van der Waals surface area contributed by atoms with Crippen molar-refractivity contribution in [3.05, 3.63) is 77.6 Å². The molecule has 0 saturated heterocycles. The summed E-state index contributed by atoms with van der Waals surface area (Å²) in [5.74, 6) is -0.0625. The van der Waals surface area contributed by atoms with Crippen LogP contribution >= 0.6 is 0 Å². The number of carbonyl (C=O) groups excluding carboxylic acids is 1. The molecule has 1 heterocycles. The maximum absolute atomic E-state index is 10.0. The molecular weight excluding hydrogens is 502 g/mol. The van der Waals surface area contributed by atoms with Crippen LogP contribution in [0.4, 0.5) is 0 Å². The van der Waals surface area contributed by atoms with Crippen molar-refractivity contribution in [1.82, 2.24) is 4.98 Å². The zero-order valence-electron chi connectivity index (χ0n) is 15.3. The molecule has 3 rings (SSSR count). The Bertz CT molecular complexity index is 914. The maximum Gasteiger partial charge on any atom is 0.155 e. The molecule has 0 bridgehead atoms. The summed E-state index contributed by atoms with van der Waals surface area (Å²) < 4.78 is 0. The van der Waals surface area contributed by atoms with Gasteiger partial charge >= 0.3 is 0 Å². The first-order chi connectivity index (χ1) is 11.9. The number of rotatable bonds is 2. The summed E-state index contributed by atoms with van der Waals surface area (Å²) >= 11 is 0. The molecule has 0 amide bonds. The topological polar surface area (TPSA) is 50.2 Å². The summed E-state index contributed by atoms with van der Waals surface area (Å²) in [4.78, 5) is 14.7. The molecule has 0 atom stereocenters. The number of aliphatic hydroxyl groups excluding tert-OH is 1. The minimum Gasteiger partial charge on any atom is -0.512 e. The van der Waals surface area contributed by atoms with Crippen LogP contribution in [0, 0.1) is 19.9 Å². The van der Waals surface area contributed by atoms with E-state index in [9.17, 15) is 4.79 Å². The van der Waals surface area contributed by atoms with Gasteiger partial charge in [-0.2, -0.15) is 0 Å². The number of fused-ring (bicyclic) bond motifs is 1. The van der Waals surface area contributed by atoms with Crippen LogP contribution in [0.15, 0.2) is 60.4 Å². The van der Waals surface area contributed by atoms with Crippen molar-refractivity contribution < 1.29 is 30.0 Å². The van der Waals surface area contributed by atoms with E-state index in [0.29, 0.717) is 0 Å². The number of carbonyl (C=O) groups is 1. The first-order valence-electron chi connectivity index (χ1n) is 8.10. The third-order valence-electron chi connectivity index (χ3n) is 3.57. The van der Waals surface area contributed by atoms with Gasteiger partial charge in [0.1, 0.15) is 0 Å². The first kappa shape index (κ1) is 21.8. The Labute approximate surface area is 168 Å². The Morgan fingerprint density at radius 1 is 1.12 bits per heavy atom. The summed E-state index contributed by atoms with van der Waals surface area (Å²) in [6.07, 6.45) is 1.17. The van der Waals surface area contributed by atoms with E-state index in [-0.39, 0.29) is 31.6 Å². The molecule has 3 nitrogen and oxygen atoms in total. The minimum absolute atomic E-state index is 0. The molecule has 1 radical (unpaired) electrons. The Balaban J connectivity index is 0.000000366. The molecular formula is C22H22IrNO2-. The van der Waals surface area contributed by atoms with E-state index in [1.165, 1.54) is 36.4 Å². The van der Waals surface area contributed by atoms with E-state index < -0.39 is 0 Å². The largest absolute Gasteiger partial charge is 0.512 e. The molecule has 0 saturated carbocycles. The third-order valence-corrected chi connectivity index (χ3v) is 3.57. The summed E-state index contributed by atoms with van der Waals surface area (Å²) in [6.45, 7) is 7.09. The Morgan fingerprint density at radius 2 is 1.85 bits per heavy atom. The van der Waals surface area contributed by atoms with Crippen molar-refractivity contribution in [2.24, 2.45) is 0 Å². The number of hydrogen-bond acceptors (Lipinski definition) is 3. The van der Waals surface area contributed by atoms with Gasteiger partial charge < -0.3 is 5.11 Å². The van der Waals surface area contributed by atoms with Gasteiger partial charge in [-0.15, -0.1) is 35.9 Å². The molecule has 0 fully saturated rings. The monoisotopic (exact) mass is 525 g/mol. The van der Waals surface area contributed by atoms with Gasteiger partial charge in [0.25, 0.3) is 0 Å². The standard InChI is InChI=1S/C17H14N.C5H8O2.Ir/c1-12-8-9-16-15(10-12)13(2)11-17(18-16)14-6-4-3-5-7-14;1-4(6)3-5(2)7;/h3-6,8-11H,1-2H3;3,6H,1-2H3;/q-1;;/b;4-3-;. The number of aryl methyl sites for hydroxylation is 2. The van der Waals surface area contributed by atoms with E-state index >= 15 is 0 Å². The number of benzene rings is 2. The van der Waals surface area contributed by atoms with Crippen molar-refractivity contribution in [2.45, 2.75) is 27.7 Å². The predicted molar refractivity (Wildman–Crippen MR) is 103 cm³/mol. The number of aromatic nitrogens is 1. The van der Waals surface area contributed by atoms with Crippen molar-refractivity contribution in [3.8, 4) is 11.3 Å². The quantitative estimate of drug-likeness (QED) is 0.279. The fourth-order valence-electron chi connectivity index (χ4n) is 2.49. The molecule has 3 aromatic rings. The molecule has 137 valence electrons. The smallest absolute Gasteiger partial charge is 0.155 e. The molecule has 4 heteroatoms. The van der Waals surface area contributed by atoms with E-state index in [1.807, 2.05) is 24.3 Å². The van der Waals surface area contributed by atoms with Gasteiger partial charge in [0.2, 0.25) is 0 Å². The SMILES string of the molecule is CC(=O)/C=C(/C)O.Cc1ccc2nc(-c3[c-]cccc3)cc(C)c2c1.[Ir]. The van der Waals surface area contributed by atoms with Crippen LogP contribution < -0.4 is 0 Å². The van der Waals surface area contributed by atoms with Crippen LogP contribution in [0.2, 0.25) is 0 Å². The van der Waals surface area contributed by atoms with Crippen molar-refractivity contribution in [1.29, 1.82) is 0 Å². The van der Waals surface area contributed by atoms with Crippen molar-refractivity contribution in [2.75, 3.05) is 0 Å². The predicted octanol–water partition coefficient (Wildman–Crippen LogP) is 5.35. The van der Waals surface area contributed by atoms with E-state index in [4.69, 9.17) is 10.1 Å². The summed E-state index contributed by atoms with van der Waals surface area (Å²) in [5.41, 5.74) is 5.61. The molecule has 0 spiro atoms. The molecule has 1 N–H and O–H groups in total. The molecule has 0 aliphatic heterocycles. The van der Waals surface area contributed by atoms with Crippen LogP contribution in [0.25, 0.3) is 22.2 Å². The van der Waals surface area contributed by atoms with Crippen LogP contribution in [0.5, 0.6) is 0 Å². The van der Waals surface area contributed by atoms with Gasteiger partial charge in [0, 0.05) is 31.6 Å². The number of aliphatic hydroxyl groups is 1. The van der Waals surface area contributed by atoms with Gasteiger partial charge in [-0.25, -0.2) is 0 Å². The summed E-state index contributed by atoms with van der Waals surface area (Å²) in [5, 5.41) is 9.59. The number of hydrogen-bond donors (Lipinski definition) is 1. The summed E-state index contributed by atoms with van der Waals surface area (Å²) in [6, 6.07) is 19.7. The van der Waals surface area contributed by atoms with E-state index in [0.717, 1.165) is 16.8 Å². The van der Waals surface area contributed by atoms with Crippen LogP contribution in [-0.4, -0.2) is 15.9 Å². The molecule has 0 aliphatic rings. The Hall–Kier alpha value is -2.29. The average molecular weight is 525 g/mol. The molecule has 0 unspecified atom stereocenters. The van der Waals surface area contributed by atoms with Gasteiger partial charge in [0.05, 0.1) is 11.3 Å². The first-order valence-corrected chi connectivity index (χ1v) is 8.10. The van der Waals surface area contributed by atoms with Gasteiger partial charge in [-0.1, -0.05) is 17.7 Å². The normalized spacial score (nSPS) is 10.5. The van der Waals surface area contributed by atoms with Crippen molar-refractivity contribution in [3.63, 3.8) is 0 Å². The fraction of sp³-hybridized carbons (Fsp3) is 0.182. The maximum atomic E-state index is 10.0. The molecule has 26 heavy (non-hydrogen) atoms. The van der Waals surface area contributed by atoms with E-state index in [1.54, 1.807) is 0 Å². The Morgan fingerprint density at radius 3 is 2.38 bits per heavy atom. The fourth-order valence-corrected chi connectivity index (χ4v) is 2.49. The van der Waals surface area contributed by atoms with Crippen molar-refractivity contribution >= 4 is 16.7 Å². The second kappa shape index (κ2) is 10.0. The second-order valence-electron chi connectivity index (χ2n) is 6.02.